The number of rotatable bonds is 8. The second-order valence-corrected chi connectivity index (χ2v) is 8.77. The minimum absolute atomic E-state index is 0.278. The van der Waals surface area contributed by atoms with E-state index in [1.165, 1.54) is 32.4 Å². The normalized spacial score (nSPS) is 23.1. The molecule has 0 radical (unpaired) electrons. The van der Waals surface area contributed by atoms with E-state index in [0.29, 0.717) is 12.4 Å². The van der Waals surface area contributed by atoms with Gasteiger partial charge in [-0.1, -0.05) is 30.3 Å². The van der Waals surface area contributed by atoms with Crippen LogP contribution >= 0.6 is 12.2 Å². The summed E-state index contributed by atoms with van der Waals surface area (Å²) in [6.45, 7) is 6.94. The molecule has 5 unspecified atom stereocenters. The van der Waals surface area contributed by atoms with E-state index in [9.17, 15) is 19.2 Å². The van der Waals surface area contributed by atoms with Crippen LogP contribution in [0.1, 0.15) is 40.8 Å². The lowest BCUT2D eigenvalue weighted by Gasteiger charge is -2.45. The van der Waals surface area contributed by atoms with Crippen LogP contribution in [-0.4, -0.2) is 69.1 Å². The minimum Gasteiger partial charge on any atom is -0.463 e. The van der Waals surface area contributed by atoms with E-state index in [4.69, 9.17) is 36.3 Å². The summed E-state index contributed by atoms with van der Waals surface area (Å²) in [5.74, 6) is -1.86. The third kappa shape index (κ3) is 6.60. The van der Waals surface area contributed by atoms with Gasteiger partial charge in [0.05, 0.1) is 0 Å². The minimum atomic E-state index is -1.21. The third-order valence-corrected chi connectivity index (χ3v) is 5.97. The number of nitrogens with one attached hydrogen (secondary N) is 1. The Bertz CT molecular complexity index is 1210. The Morgan fingerprint density at radius 3 is 2.16 bits per heavy atom. The van der Waals surface area contributed by atoms with Crippen molar-refractivity contribution >= 4 is 36.0 Å². The molecule has 1 aliphatic rings. The van der Waals surface area contributed by atoms with Gasteiger partial charge < -0.3 is 28.8 Å². The zero-order valence-corrected chi connectivity index (χ0v) is 22.0. The Labute approximate surface area is 218 Å². The first-order valence-corrected chi connectivity index (χ1v) is 12.1. The van der Waals surface area contributed by atoms with Gasteiger partial charge in [0.25, 0.3) is 0 Å². The van der Waals surface area contributed by atoms with Gasteiger partial charge in [0.15, 0.2) is 24.3 Å². The molecule has 0 saturated carbocycles. The number of hydrogen-bond donors (Lipinski definition) is 1. The molecule has 0 bridgehead atoms. The Kier molecular flexibility index (Phi) is 9.16. The Morgan fingerprint density at radius 2 is 1.62 bits per heavy atom. The van der Waals surface area contributed by atoms with E-state index in [0.717, 1.165) is 5.56 Å². The molecule has 37 heavy (non-hydrogen) atoms. The van der Waals surface area contributed by atoms with Gasteiger partial charge in [-0.05, 0) is 19.1 Å². The van der Waals surface area contributed by atoms with Crippen molar-refractivity contribution in [3.05, 3.63) is 35.1 Å². The molecule has 1 N–H and O–H groups in total. The maximum absolute atomic E-state index is 12.2. The van der Waals surface area contributed by atoms with Crippen molar-refractivity contribution in [3.8, 4) is 11.4 Å². The van der Waals surface area contributed by atoms with Crippen LogP contribution in [0.3, 0.4) is 0 Å². The number of aromatic nitrogens is 3. The highest BCUT2D eigenvalue weighted by Crippen LogP contribution is 2.33. The van der Waals surface area contributed by atoms with Crippen molar-refractivity contribution < 1.29 is 38.1 Å². The van der Waals surface area contributed by atoms with Crippen LogP contribution in [0.4, 0.5) is 0 Å². The molecule has 5 atom stereocenters. The van der Waals surface area contributed by atoms with Gasteiger partial charge in [-0.25, -0.2) is 4.68 Å². The molecule has 2 aromatic rings. The standard InChI is InChI=1S/C24H30N4O8S/c1-6-27-22(17-10-8-7-9-11-17)26-28(24(27)37)23-19(25-13(2)29)21(35-16(5)32)20(34-15(4)31)18(36-23)12-33-14(3)30/h7-11,18-21,23H,6,12H2,1-5H3,(H,25,29). The topological polar surface area (TPSA) is 140 Å². The van der Waals surface area contributed by atoms with E-state index in [1.54, 1.807) is 4.57 Å². The SMILES string of the molecule is CCn1c(-c2ccccc2)nn(C2OC(COC(C)=O)C(OC(C)=O)C(OC(C)=O)C2NC(C)=O)c1=S. The van der Waals surface area contributed by atoms with Crippen LogP contribution in [0.25, 0.3) is 11.4 Å². The monoisotopic (exact) mass is 534 g/mol. The molecular weight excluding hydrogens is 504 g/mol. The van der Waals surface area contributed by atoms with Crippen molar-refractivity contribution in [2.45, 2.75) is 71.7 Å². The molecule has 1 aliphatic heterocycles. The van der Waals surface area contributed by atoms with Crippen molar-refractivity contribution in [2.24, 2.45) is 0 Å². The lowest BCUT2D eigenvalue weighted by atomic mass is 9.95. The fourth-order valence-corrected chi connectivity index (χ4v) is 4.54. The Hall–Kier alpha value is -3.58. The summed E-state index contributed by atoms with van der Waals surface area (Å²) >= 11 is 5.72. The Morgan fingerprint density at radius 1 is 1.00 bits per heavy atom. The maximum Gasteiger partial charge on any atom is 0.303 e. The first-order valence-electron chi connectivity index (χ1n) is 11.7. The first-order chi connectivity index (χ1) is 17.5. The van der Waals surface area contributed by atoms with E-state index >= 15 is 0 Å². The van der Waals surface area contributed by atoms with Gasteiger partial charge in [0.2, 0.25) is 10.7 Å². The summed E-state index contributed by atoms with van der Waals surface area (Å²) < 4.78 is 25.9. The molecule has 0 aliphatic carbocycles. The zero-order chi connectivity index (χ0) is 27.3. The van der Waals surface area contributed by atoms with Crippen molar-refractivity contribution in [3.63, 3.8) is 0 Å². The van der Waals surface area contributed by atoms with Crippen LogP contribution in [0, 0.1) is 4.77 Å². The van der Waals surface area contributed by atoms with E-state index in [2.05, 4.69) is 5.32 Å². The molecule has 0 spiro atoms. The van der Waals surface area contributed by atoms with Gasteiger partial charge in [-0.15, -0.1) is 5.10 Å². The van der Waals surface area contributed by atoms with Crippen LogP contribution in [0.2, 0.25) is 0 Å². The summed E-state index contributed by atoms with van der Waals surface area (Å²) in [6, 6.07) is 8.30. The molecule has 1 aromatic heterocycles. The number of esters is 3. The number of ether oxygens (including phenoxy) is 4. The van der Waals surface area contributed by atoms with E-state index < -0.39 is 54.4 Å². The van der Waals surface area contributed by atoms with Crippen molar-refractivity contribution in [1.29, 1.82) is 0 Å². The van der Waals surface area contributed by atoms with Gasteiger partial charge in [0.1, 0.15) is 18.8 Å². The predicted octanol–water partition coefficient (Wildman–Crippen LogP) is 1.93. The number of carbonyl (C=O) groups excluding carboxylic acids is 4. The summed E-state index contributed by atoms with van der Waals surface area (Å²) in [6.07, 6.45) is -4.59. The number of carbonyl (C=O) groups is 4. The fourth-order valence-electron chi connectivity index (χ4n) is 4.18. The number of amides is 1. The average Bonchev–Trinajstić information content (AvgIpc) is 3.16. The molecule has 1 aromatic carbocycles. The first kappa shape index (κ1) is 28.0. The second-order valence-electron chi connectivity index (χ2n) is 8.40. The maximum atomic E-state index is 12.2. The average molecular weight is 535 g/mol. The van der Waals surface area contributed by atoms with Crippen LogP contribution < -0.4 is 5.32 Å². The second kappa shape index (κ2) is 12.1. The third-order valence-electron chi connectivity index (χ3n) is 5.56. The van der Waals surface area contributed by atoms with Gasteiger partial charge >= 0.3 is 17.9 Å². The van der Waals surface area contributed by atoms with E-state index in [1.807, 2.05) is 37.3 Å². The molecule has 1 saturated heterocycles. The molecule has 3 rings (SSSR count). The van der Waals surface area contributed by atoms with Crippen LogP contribution in [-0.2, 0) is 44.7 Å². The summed E-state index contributed by atoms with van der Waals surface area (Å²) in [5.41, 5.74) is 0.798. The molecule has 12 nitrogen and oxygen atoms in total. The largest absolute Gasteiger partial charge is 0.463 e. The van der Waals surface area contributed by atoms with Gasteiger partial charge in [-0.3, -0.25) is 19.2 Å². The zero-order valence-electron chi connectivity index (χ0n) is 21.2. The molecule has 2 heterocycles. The molecule has 200 valence electrons. The van der Waals surface area contributed by atoms with Crippen LogP contribution in [0.15, 0.2) is 30.3 Å². The Balaban J connectivity index is 2.18. The van der Waals surface area contributed by atoms with Crippen LogP contribution in [0.5, 0.6) is 0 Å². The number of benzene rings is 1. The lowest BCUT2D eigenvalue weighted by molar-refractivity contribution is -0.239. The highest BCUT2D eigenvalue weighted by molar-refractivity contribution is 7.71. The molecule has 1 amide bonds. The van der Waals surface area contributed by atoms with E-state index in [-0.39, 0.29) is 11.4 Å². The van der Waals surface area contributed by atoms with Gasteiger partial charge in [0, 0.05) is 39.8 Å². The van der Waals surface area contributed by atoms with Crippen molar-refractivity contribution in [2.75, 3.05) is 6.61 Å². The molecule has 13 heteroatoms. The predicted molar refractivity (Wildman–Crippen MR) is 131 cm³/mol. The summed E-state index contributed by atoms with van der Waals surface area (Å²) in [5, 5.41) is 7.44. The highest BCUT2D eigenvalue weighted by atomic mass is 32.1. The molecular formula is C24H30N4O8S. The lowest BCUT2D eigenvalue weighted by Crippen LogP contribution is -2.64. The summed E-state index contributed by atoms with van der Waals surface area (Å²) in [4.78, 5) is 47.9. The number of hydrogen-bond acceptors (Lipinski definition) is 10. The smallest absolute Gasteiger partial charge is 0.303 e. The van der Waals surface area contributed by atoms with Crippen molar-refractivity contribution in [1.82, 2.24) is 19.7 Å². The fraction of sp³-hybridized carbons (Fsp3) is 0.500. The summed E-state index contributed by atoms with van der Waals surface area (Å²) in [7, 11) is 0. The highest BCUT2D eigenvalue weighted by Gasteiger charge is 2.52. The quantitative estimate of drug-likeness (QED) is 0.303. The van der Waals surface area contributed by atoms with Gasteiger partial charge in [-0.2, -0.15) is 0 Å². The molecule has 1 fully saturated rings. The number of nitrogens with zero attached hydrogens (tertiary/aromatic N) is 3.